The predicted octanol–water partition coefficient (Wildman–Crippen LogP) is -4.04. The normalized spacial score (nSPS) is 12.0. The van der Waals surface area contributed by atoms with Gasteiger partial charge in [0.25, 0.3) is 10.1 Å². The molecule has 7 heteroatoms. The summed E-state index contributed by atoms with van der Waals surface area (Å²) in [7, 11) is -4.00. The van der Waals surface area contributed by atoms with Crippen molar-refractivity contribution < 1.29 is 41.7 Å². The Morgan fingerprint density at radius 2 is 2.00 bits per heavy atom. The van der Waals surface area contributed by atoms with Crippen molar-refractivity contribution >= 4 is 16.1 Å². The average Bonchev–Trinajstić information content (AvgIpc) is 1.84. The van der Waals surface area contributed by atoms with E-state index in [1.54, 1.807) is 0 Å². The van der Waals surface area contributed by atoms with Crippen LogP contribution in [0.4, 0.5) is 0 Å². The summed E-state index contributed by atoms with van der Waals surface area (Å²) < 4.78 is 28.5. The Morgan fingerprint density at radius 1 is 1.54 bits per heavy atom. The molecule has 0 saturated carbocycles. The van der Waals surface area contributed by atoms with Crippen molar-refractivity contribution in [1.82, 2.24) is 0 Å². The van der Waals surface area contributed by atoms with Gasteiger partial charge in [0.1, 0.15) is 0 Å². The first kappa shape index (κ1) is 15.2. The Morgan fingerprint density at radius 3 is 2.31 bits per heavy atom. The molecule has 0 saturated heterocycles. The first-order valence-electron chi connectivity index (χ1n) is 3.16. The zero-order chi connectivity index (χ0) is 9.78. The van der Waals surface area contributed by atoms with E-state index in [0.717, 1.165) is 0 Å². The summed E-state index contributed by atoms with van der Waals surface area (Å²) in [6, 6.07) is 0. The molecule has 0 spiro atoms. The number of hydrogen-bond acceptors (Lipinski definition) is 4. The van der Waals surface area contributed by atoms with Crippen molar-refractivity contribution in [2.45, 2.75) is 13.3 Å². The third-order valence-electron chi connectivity index (χ3n) is 1.15. The second-order valence-corrected chi connectivity index (χ2v) is 3.82. The van der Waals surface area contributed by atoms with E-state index in [1.807, 2.05) is 0 Å². The monoisotopic (exact) mass is 200 g/mol. The fraction of sp³-hybridized carbons (Fsp3) is 0.500. The van der Waals surface area contributed by atoms with Crippen LogP contribution in [0.15, 0.2) is 11.6 Å². The van der Waals surface area contributed by atoms with Crippen molar-refractivity contribution in [3.8, 4) is 0 Å². The van der Waals surface area contributed by atoms with Gasteiger partial charge in [0.2, 0.25) is 0 Å². The van der Waals surface area contributed by atoms with Crippen LogP contribution in [0, 0.1) is 0 Å². The first-order chi connectivity index (χ1) is 5.33. The minimum absolute atomic E-state index is 0. The van der Waals surface area contributed by atoms with Crippen LogP contribution >= 0.6 is 0 Å². The van der Waals surface area contributed by atoms with Gasteiger partial charge in [0, 0.05) is 0 Å². The van der Waals surface area contributed by atoms with E-state index < -0.39 is 21.8 Å². The SMILES string of the molecule is CC(=CCCS(=O)(=O)O)C(=O)[O-].[Li+]. The molecule has 0 aromatic rings. The van der Waals surface area contributed by atoms with Crippen LogP contribution < -0.4 is 24.0 Å². The Hall–Kier alpha value is -0.283. The molecule has 0 amide bonds. The largest absolute Gasteiger partial charge is 1.00 e. The molecular formula is C6H9LiO5S. The van der Waals surface area contributed by atoms with E-state index in [9.17, 15) is 18.3 Å². The maximum atomic E-state index is 10.1. The maximum Gasteiger partial charge on any atom is 1.00 e. The van der Waals surface area contributed by atoms with Crippen LogP contribution in [-0.4, -0.2) is 24.7 Å². The molecule has 1 N–H and O–H groups in total. The van der Waals surface area contributed by atoms with Crippen molar-refractivity contribution in [2.24, 2.45) is 0 Å². The summed E-state index contributed by atoms with van der Waals surface area (Å²) in [5.74, 6) is -1.82. The summed E-state index contributed by atoms with van der Waals surface area (Å²) in [6.45, 7) is 1.29. The van der Waals surface area contributed by atoms with Gasteiger partial charge in [0.05, 0.1) is 11.7 Å². The van der Waals surface area contributed by atoms with Gasteiger partial charge in [-0.15, -0.1) is 0 Å². The molecule has 0 aliphatic heterocycles. The minimum Gasteiger partial charge on any atom is -0.545 e. The van der Waals surface area contributed by atoms with Gasteiger partial charge < -0.3 is 9.90 Å². The molecule has 13 heavy (non-hydrogen) atoms. The molecule has 0 aliphatic rings. The first-order valence-corrected chi connectivity index (χ1v) is 4.77. The fourth-order valence-corrected chi connectivity index (χ4v) is 0.923. The summed E-state index contributed by atoms with van der Waals surface area (Å²) in [5, 5.41) is 10.1. The van der Waals surface area contributed by atoms with Crippen LogP contribution in [0.3, 0.4) is 0 Å². The van der Waals surface area contributed by atoms with Crippen LogP contribution in [0.5, 0.6) is 0 Å². The second-order valence-electron chi connectivity index (χ2n) is 2.25. The Labute approximate surface area is 88.8 Å². The van der Waals surface area contributed by atoms with E-state index in [2.05, 4.69) is 0 Å². The van der Waals surface area contributed by atoms with Crippen LogP contribution in [0.2, 0.25) is 0 Å². The third-order valence-corrected chi connectivity index (χ3v) is 1.90. The predicted molar refractivity (Wildman–Crippen MR) is 39.8 cm³/mol. The number of carboxylic acid groups (broad SMARTS) is 1. The van der Waals surface area contributed by atoms with Crippen molar-refractivity contribution in [3.05, 3.63) is 11.6 Å². The van der Waals surface area contributed by atoms with Crippen molar-refractivity contribution in [2.75, 3.05) is 5.75 Å². The van der Waals surface area contributed by atoms with E-state index in [-0.39, 0.29) is 30.9 Å². The van der Waals surface area contributed by atoms with Crippen LogP contribution in [-0.2, 0) is 14.9 Å². The molecule has 0 aliphatic carbocycles. The van der Waals surface area contributed by atoms with Gasteiger partial charge >= 0.3 is 18.9 Å². The number of aliphatic carboxylic acids is 1. The standard InChI is InChI=1S/C6H10O5S.Li/c1-5(6(7)8)3-2-4-12(9,10)11;/h3H,2,4H2,1H3,(H,7,8)(H,9,10,11);/q;+1/p-1. The van der Waals surface area contributed by atoms with E-state index >= 15 is 0 Å². The molecule has 0 aromatic carbocycles. The number of carboxylic acids is 1. The van der Waals surface area contributed by atoms with Crippen LogP contribution in [0.25, 0.3) is 0 Å². The van der Waals surface area contributed by atoms with Gasteiger partial charge in [-0.25, -0.2) is 0 Å². The van der Waals surface area contributed by atoms with Crippen molar-refractivity contribution in [3.63, 3.8) is 0 Å². The van der Waals surface area contributed by atoms with Crippen LogP contribution in [0.1, 0.15) is 13.3 Å². The van der Waals surface area contributed by atoms with Gasteiger partial charge in [-0.2, -0.15) is 8.42 Å². The second kappa shape index (κ2) is 6.21. The minimum atomic E-state index is -4.00. The summed E-state index contributed by atoms with van der Waals surface area (Å²) in [6.07, 6.45) is 1.15. The van der Waals surface area contributed by atoms with Gasteiger partial charge in [-0.3, -0.25) is 4.55 Å². The Kier molecular flexibility index (Phi) is 7.27. The third kappa shape index (κ3) is 9.63. The Balaban J connectivity index is 0. The molecule has 0 unspecified atom stereocenters. The molecule has 0 aromatic heterocycles. The van der Waals surface area contributed by atoms with E-state index in [4.69, 9.17) is 4.55 Å². The molecule has 0 radical (unpaired) electrons. The zero-order valence-electron chi connectivity index (χ0n) is 7.48. The molecule has 0 rings (SSSR count). The Bertz CT molecular complexity index is 292. The quantitative estimate of drug-likeness (QED) is 0.283. The fourth-order valence-electron chi connectivity index (χ4n) is 0.508. The number of carbonyl (C=O) groups is 1. The van der Waals surface area contributed by atoms with E-state index in [0.29, 0.717) is 0 Å². The number of hydrogen-bond donors (Lipinski definition) is 1. The summed E-state index contributed by atoms with van der Waals surface area (Å²) >= 11 is 0. The molecule has 0 atom stereocenters. The molecule has 0 heterocycles. The maximum absolute atomic E-state index is 10.1. The molecule has 5 nitrogen and oxygen atoms in total. The smallest absolute Gasteiger partial charge is 0.545 e. The topological polar surface area (TPSA) is 94.5 Å². The molecule has 70 valence electrons. The number of allylic oxidation sites excluding steroid dienone is 1. The van der Waals surface area contributed by atoms with Gasteiger partial charge in [0.15, 0.2) is 0 Å². The number of carbonyl (C=O) groups excluding carboxylic acids is 1. The van der Waals surface area contributed by atoms with Gasteiger partial charge in [-0.1, -0.05) is 6.08 Å². The summed E-state index contributed by atoms with van der Waals surface area (Å²) in [5.41, 5.74) is -0.0429. The summed E-state index contributed by atoms with van der Waals surface area (Å²) in [4.78, 5) is 10.1. The van der Waals surface area contributed by atoms with E-state index in [1.165, 1.54) is 13.0 Å². The molecule has 0 fully saturated rings. The molecule has 0 bridgehead atoms. The van der Waals surface area contributed by atoms with Crippen molar-refractivity contribution in [1.29, 1.82) is 0 Å². The average molecular weight is 200 g/mol. The zero-order valence-corrected chi connectivity index (χ0v) is 8.30. The van der Waals surface area contributed by atoms with Gasteiger partial charge in [-0.05, 0) is 18.9 Å². The number of rotatable bonds is 4. The molecular weight excluding hydrogens is 191 g/mol.